The van der Waals surface area contributed by atoms with Crippen LogP contribution in [-0.2, 0) is 6.54 Å². The molecular formula is C21H26N2O2. The number of aliphatic hydroxyl groups is 1. The second-order valence-electron chi connectivity index (χ2n) is 6.82. The van der Waals surface area contributed by atoms with Crippen molar-refractivity contribution in [3.8, 4) is 11.1 Å². The van der Waals surface area contributed by atoms with Crippen molar-refractivity contribution in [1.29, 1.82) is 0 Å². The number of aliphatic hydroxyl groups excluding tert-OH is 1. The average Bonchev–Trinajstić information content (AvgIpc) is 2.63. The molecule has 132 valence electrons. The summed E-state index contributed by atoms with van der Waals surface area (Å²) in [5.74, 6) is 0.518. The van der Waals surface area contributed by atoms with Crippen molar-refractivity contribution in [3.05, 3.63) is 59.7 Å². The van der Waals surface area contributed by atoms with E-state index in [0.29, 0.717) is 18.0 Å². The van der Waals surface area contributed by atoms with Crippen molar-refractivity contribution in [3.63, 3.8) is 0 Å². The highest BCUT2D eigenvalue weighted by Crippen LogP contribution is 2.30. The second kappa shape index (κ2) is 8.28. The van der Waals surface area contributed by atoms with Crippen molar-refractivity contribution >= 4 is 5.91 Å². The third kappa shape index (κ3) is 4.27. The summed E-state index contributed by atoms with van der Waals surface area (Å²) in [6, 6.07) is 15.4. The lowest BCUT2D eigenvalue weighted by Crippen LogP contribution is -2.39. The van der Waals surface area contributed by atoms with Crippen molar-refractivity contribution in [2.45, 2.75) is 38.3 Å². The Morgan fingerprint density at radius 3 is 2.48 bits per heavy atom. The first-order chi connectivity index (χ1) is 12.2. The fraction of sp³-hybridized carbons (Fsp3) is 0.381. The molecular weight excluding hydrogens is 312 g/mol. The number of hydrogen-bond acceptors (Lipinski definition) is 3. The Bertz CT molecular complexity index is 708. The average molecular weight is 338 g/mol. The maximum Gasteiger partial charge on any atom is 0.251 e. The van der Waals surface area contributed by atoms with Crippen LogP contribution in [0.5, 0.6) is 0 Å². The van der Waals surface area contributed by atoms with Gasteiger partial charge in [-0.2, -0.15) is 0 Å². The molecule has 1 amide bonds. The van der Waals surface area contributed by atoms with Gasteiger partial charge in [-0.3, -0.25) is 4.79 Å². The van der Waals surface area contributed by atoms with Crippen LogP contribution in [0.2, 0.25) is 0 Å². The standard InChI is InChI=1S/C21H26N2O2/c22-13-18-6-1-2-7-20(18)16-8-10-17(11-9-16)21(25)23-19(14-24)12-15-4-3-5-15/h1-2,6-11,15,19,24H,3-5,12-14,22H2,(H,23,25). The normalized spacial score (nSPS) is 15.4. The molecule has 0 radical (unpaired) electrons. The Kier molecular flexibility index (Phi) is 5.84. The zero-order valence-electron chi connectivity index (χ0n) is 14.4. The second-order valence-corrected chi connectivity index (χ2v) is 6.82. The molecule has 4 nitrogen and oxygen atoms in total. The molecule has 0 heterocycles. The molecule has 0 spiro atoms. The monoisotopic (exact) mass is 338 g/mol. The largest absolute Gasteiger partial charge is 0.394 e. The zero-order valence-corrected chi connectivity index (χ0v) is 14.4. The zero-order chi connectivity index (χ0) is 17.6. The van der Waals surface area contributed by atoms with E-state index in [2.05, 4.69) is 5.32 Å². The van der Waals surface area contributed by atoms with Gasteiger partial charge in [-0.25, -0.2) is 0 Å². The van der Waals surface area contributed by atoms with Gasteiger partial charge in [0.05, 0.1) is 12.6 Å². The first-order valence-corrected chi connectivity index (χ1v) is 9.01. The lowest BCUT2D eigenvalue weighted by Gasteiger charge is -2.29. The number of rotatable bonds is 7. The Morgan fingerprint density at radius 1 is 1.16 bits per heavy atom. The van der Waals surface area contributed by atoms with Gasteiger partial charge >= 0.3 is 0 Å². The molecule has 0 bridgehead atoms. The summed E-state index contributed by atoms with van der Waals surface area (Å²) in [7, 11) is 0. The molecule has 1 atom stereocenters. The van der Waals surface area contributed by atoms with Gasteiger partial charge in [-0.05, 0) is 41.2 Å². The van der Waals surface area contributed by atoms with Gasteiger partial charge in [0.15, 0.2) is 0 Å². The van der Waals surface area contributed by atoms with Crippen LogP contribution < -0.4 is 11.1 Å². The van der Waals surface area contributed by atoms with Crippen molar-refractivity contribution in [2.75, 3.05) is 6.61 Å². The number of carbonyl (C=O) groups is 1. The lowest BCUT2D eigenvalue weighted by atomic mass is 9.81. The molecule has 1 unspecified atom stereocenters. The minimum absolute atomic E-state index is 0.00972. The molecule has 25 heavy (non-hydrogen) atoms. The fourth-order valence-corrected chi connectivity index (χ4v) is 3.36. The van der Waals surface area contributed by atoms with Crippen LogP contribution in [0.4, 0.5) is 0 Å². The van der Waals surface area contributed by atoms with E-state index < -0.39 is 0 Å². The molecule has 0 saturated heterocycles. The highest BCUT2D eigenvalue weighted by Gasteiger charge is 2.23. The molecule has 1 aliphatic rings. The minimum atomic E-state index is -0.157. The summed E-state index contributed by atoms with van der Waals surface area (Å²) >= 11 is 0. The fourth-order valence-electron chi connectivity index (χ4n) is 3.36. The molecule has 2 aromatic rings. The third-order valence-electron chi connectivity index (χ3n) is 5.09. The van der Waals surface area contributed by atoms with Gasteiger partial charge in [0.2, 0.25) is 0 Å². The number of nitrogens with two attached hydrogens (primary N) is 1. The maximum absolute atomic E-state index is 12.4. The SMILES string of the molecule is NCc1ccccc1-c1ccc(C(=O)NC(CO)CC2CCC2)cc1. The van der Waals surface area contributed by atoms with Gasteiger partial charge in [0, 0.05) is 12.1 Å². The number of benzene rings is 2. The van der Waals surface area contributed by atoms with Crippen LogP contribution in [0.3, 0.4) is 0 Å². The topological polar surface area (TPSA) is 75.4 Å². The maximum atomic E-state index is 12.4. The van der Waals surface area contributed by atoms with E-state index in [4.69, 9.17) is 5.73 Å². The van der Waals surface area contributed by atoms with E-state index in [1.165, 1.54) is 19.3 Å². The van der Waals surface area contributed by atoms with Crippen LogP contribution in [-0.4, -0.2) is 23.7 Å². The molecule has 2 aromatic carbocycles. The molecule has 1 aliphatic carbocycles. The van der Waals surface area contributed by atoms with Crippen molar-refractivity contribution < 1.29 is 9.90 Å². The Labute approximate surface area is 149 Å². The Hall–Kier alpha value is -2.17. The molecule has 1 saturated carbocycles. The molecule has 4 N–H and O–H groups in total. The Balaban J connectivity index is 1.67. The first kappa shape index (κ1) is 17.6. The van der Waals surface area contributed by atoms with Gasteiger partial charge in [-0.15, -0.1) is 0 Å². The van der Waals surface area contributed by atoms with E-state index in [1.54, 1.807) is 0 Å². The van der Waals surface area contributed by atoms with Gasteiger partial charge in [-0.1, -0.05) is 55.7 Å². The summed E-state index contributed by atoms with van der Waals surface area (Å²) in [5, 5.41) is 12.5. The van der Waals surface area contributed by atoms with E-state index in [-0.39, 0.29) is 18.6 Å². The van der Waals surface area contributed by atoms with Gasteiger partial charge in [0.1, 0.15) is 0 Å². The smallest absolute Gasteiger partial charge is 0.251 e. The van der Waals surface area contributed by atoms with E-state index in [0.717, 1.165) is 23.1 Å². The number of hydrogen-bond donors (Lipinski definition) is 3. The van der Waals surface area contributed by atoms with Crippen LogP contribution in [0, 0.1) is 5.92 Å². The molecule has 1 fully saturated rings. The molecule has 3 rings (SSSR count). The van der Waals surface area contributed by atoms with Crippen LogP contribution in [0.1, 0.15) is 41.6 Å². The van der Waals surface area contributed by atoms with Crippen LogP contribution >= 0.6 is 0 Å². The number of nitrogens with one attached hydrogen (secondary N) is 1. The summed E-state index contributed by atoms with van der Waals surface area (Å²) in [6.45, 7) is 0.474. The number of amides is 1. The van der Waals surface area contributed by atoms with Crippen molar-refractivity contribution in [1.82, 2.24) is 5.32 Å². The molecule has 0 aromatic heterocycles. The lowest BCUT2D eigenvalue weighted by molar-refractivity contribution is 0.0896. The summed E-state index contributed by atoms with van der Waals surface area (Å²) in [4.78, 5) is 12.4. The minimum Gasteiger partial charge on any atom is -0.394 e. The highest BCUT2D eigenvalue weighted by molar-refractivity contribution is 5.95. The molecule has 0 aliphatic heterocycles. The summed E-state index contributed by atoms with van der Waals surface area (Å²) in [5.41, 5.74) is 9.64. The van der Waals surface area contributed by atoms with Crippen molar-refractivity contribution in [2.24, 2.45) is 11.7 Å². The Morgan fingerprint density at radius 2 is 1.88 bits per heavy atom. The number of carbonyl (C=O) groups excluding carboxylic acids is 1. The first-order valence-electron chi connectivity index (χ1n) is 9.01. The molecule has 4 heteroatoms. The third-order valence-corrected chi connectivity index (χ3v) is 5.09. The quantitative estimate of drug-likeness (QED) is 0.726. The van der Waals surface area contributed by atoms with Crippen LogP contribution in [0.25, 0.3) is 11.1 Å². The van der Waals surface area contributed by atoms with E-state index in [9.17, 15) is 9.90 Å². The van der Waals surface area contributed by atoms with E-state index in [1.807, 2.05) is 48.5 Å². The van der Waals surface area contributed by atoms with Crippen LogP contribution in [0.15, 0.2) is 48.5 Å². The predicted octanol–water partition coefficient (Wildman–Crippen LogP) is 3.09. The van der Waals surface area contributed by atoms with Gasteiger partial charge < -0.3 is 16.2 Å². The van der Waals surface area contributed by atoms with E-state index >= 15 is 0 Å². The summed E-state index contributed by atoms with van der Waals surface area (Å²) < 4.78 is 0. The predicted molar refractivity (Wildman–Crippen MR) is 100 cm³/mol. The van der Waals surface area contributed by atoms with Gasteiger partial charge in [0.25, 0.3) is 5.91 Å². The highest BCUT2D eigenvalue weighted by atomic mass is 16.3. The summed E-state index contributed by atoms with van der Waals surface area (Å²) in [6.07, 6.45) is 4.55.